The zero-order valence-electron chi connectivity index (χ0n) is 41.7. The van der Waals surface area contributed by atoms with Gasteiger partial charge in [-0.2, -0.15) is 0 Å². The van der Waals surface area contributed by atoms with Gasteiger partial charge in [0.15, 0.2) is 0 Å². The maximum absolute atomic E-state index is 13.2. The van der Waals surface area contributed by atoms with Crippen LogP contribution in [0.2, 0.25) is 0 Å². The Balaban J connectivity index is 4.55. The molecule has 0 aromatic carbocycles. The van der Waals surface area contributed by atoms with E-state index in [9.17, 15) is 19.8 Å². The van der Waals surface area contributed by atoms with Crippen LogP contribution in [-0.2, 0) is 14.3 Å². The van der Waals surface area contributed by atoms with Crippen molar-refractivity contribution in [3.05, 3.63) is 60.8 Å². The van der Waals surface area contributed by atoms with Gasteiger partial charge in [0.2, 0.25) is 5.91 Å². The van der Waals surface area contributed by atoms with Crippen LogP contribution in [0.3, 0.4) is 0 Å². The number of carbonyl (C=O) groups excluding carboxylic acids is 2. The van der Waals surface area contributed by atoms with E-state index in [0.717, 1.165) is 83.5 Å². The minimum Gasteiger partial charge on any atom is -0.462 e. The third kappa shape index (κ3) is 45.9. The van der Waals surface area contributed by atoms with Gasteiger partial charge in [0.1, 0.15) is 6.10 Å². The van der Waals surface area contributed by atoms with Crippen molar-refractivity contribution < 1.29 is 24.5 Å². The zero-order valence-corrected chi connectivity index (χ0v) is 41.7. The first kappa shape index (κ1) is 60.6. The summed E-state index contributed by atoms with van der Waals surface area (Å²) in [6.45, 7) is 6.34. The first-order chi connectivity index (χ1) is 31.0. The molecule has 3 unspecified atom stereocenters. The van der Waals surface area contributed by atoms with E-state index in [1.54, 1.807) is 0 Å². The summed E-state index contributed by atoms with van der Waals surface area (Å²) >= 11 is 0. The highest BCUT2D eigenvalue weighted by atomic mass is 16.5. The summed E-state index contributed by atoms with van der Waals surface area (Å²) in [6, 6.07) is -0.718. The second-order valence-electron chi connectivity index (χ2n) is 18.3. The summed E-state index contributed by atoms with van der Waals surface area (Å²) in [5.41, 5.74) is 0. The maximum atomic E-state index is 13.2. The molecule has 0 saturated heterocycles. The molecule has 6 heteroatoms. The van der Waals surface area contributed by atoms with E-state index in [2.05, 4.69) is 86.8 Å². The molecule has 0 heterocycles. The number of allylic oxidation sites excluding steroid dienone is 10. The van der Waals surface area contributed by atoms with Crippen molar-refractivity contribution in [2.24, 2.45) is 0 Å². The molecule has 0 fully saturated rings. The fourth-order valence-electron chi connectivity index (χ4n) is 8.02. The normalized spacial score (nSPS) is 13.7. The second-order valence-corrected chi connectivity index (χ2v) is 18.3. The van der Waals surface area contributed by atoms with Crippen LogP contribution < -0.4 is 5.32 Å². The van der Waals surface area contributed by atoms with Crippen molar-refractivity contribution >= 4 is 11.9 Å². The highest BCUT2D eigenvalue weighted by molar-refractivity contribution is 5.77. The summed E-state index contributed by atoms with van der Waals surface area (Å²) in [7, 11) is 0. The van der Waals surface area contributed by atoms with Gasteiger partial charge >= 0.3 is 5.97 Å². The monoisotopic (exact) mass is 882 g/mol. The minimum atomic E-state index is -0.801. The fourth-order valence-corrected chi connectivity index (χ4v) is 8.02. The lowest BCUT2D eigenvalue weighted by molar-refractivity contribution is -0.151. The quantitative estimate of drug-likeness (QED) is 0.0245. The Bertz CT molecular complexity index is 1130. The van der Waals surface area contributed by atoms with Gasteiger partial charge in [0.25, 0.3) is 0 Å². The lowest BCUT2D eigenvalue weighted by atomic mass is 10.0. The molecule has 0 aliphatic rings. The molecule has 0 bridgehead atoms. The van der Waals surface area contributed by atoms with Crippen LogP contribution >= 0.6 is 0 Å². The summed E-state index contributed by atoms with van der Waals surface area (Å²) in [5.74, 6) is -0.523. The van der Waals surface area contributed by atoms with E-state index >= 15 is 0 Å². The number of aliphatic hydroxyl groups excluding tert-OH is 2. The van der Waals surface area contributed by atoms with Crippen molar-refractivity contribution in [3.63, 3.8) is 0 Å². The van der Waals surface area contributed by atoms with Crippen LogP contribution in [0.1, 0.15) is 265 Å². The Kier molecular flexibility index (Phi) is 48.6. The zero-order chi connectivity index (χ0) is 45.9. The SMILES string of the molecule is CC/C=C/C/C=C/C/C=C/CCCCC(CC(=O)NC(CO)C(O)CCCCCCCCCCCCCCCCCCC)OC(=O)CCCCCCCC/C=C/C=C/CCCCC. The standard InChI is InChI=1S/C57H103NO5/c1-4-7-10-13-16-19-22-25-27-28-30-31-34-37-40-43-46-49-55(60)54(52-59)58-56(61)51-53(48-45-42-39-36-33-24-21-18-15-12-9-6-3)63-57(62)50-47-44-41-38-35-32-29-26-23-20-17-14-11-8-5-2/h9,12,17-18,20-21,23,26,33,36,53-55,59-60H,4-8,10-11,13-16,19,22,24-25,27-32,34-35,37-52H2,1-3H3,(H,58,61)/b12-9+,20-17+,21-18+,26-23+,36-33+. The van der Waals surface area contributed by atoms with E-state index in [-0.39, 0.29) is 24.9 Å². The van der Waals surface area contributed by atoms with Gasteiger partial charge in [-0.05, 0) is 83.5 Å². The fraction of sp³-hybridized carbons (Fsp3) is 0.789. The first-order valence-corrected chi connectivity index (χ1v) is 27.0. The number of hydrogen-bond donors (Lipinski definition) is 3. The van der Waals surface area contributed by atoms with Crippen LogP contribution in [0.25, 0.3) is 0 Å². The molecule has 0 aliphatic heterocycles. The lowest BCUT2D eigenvalue weighted by Gasteiger charge is -2.24. The third-order valence-electron chi connectivity index (χ3n) is 12.1. The smallest absolute Gasteiger partial charge is 0.306 e. The molecule has 0 spiro atoms. The van der Waals surface area contributed by atoms with Gasteiger partial charge in [-0.3, -0.25) is 9.59 Å². The molecule has 63 heavy (non-hydrogen) atoms. The number of esters is 1. The molecule has 0 radical (unpaired) electrons. The summed E-state index contributed by atoms with van der Waals surface area (Å²) in [6.07, 6.45) is 62.9. The molecule has 0 saturated carbocycles. The van der Waals surface area contributed by atoms with E-state index in [1.165, 1.54) is 135 Å². The van der Waals surface area contributed by atoms with Crippen LogP contribution in [-0.4, -0.2) is 46.9 Å². The third-order valence-corrected chi connectivity index (χ3v) is 12.1. The number of rotatable bonds is 48. The minimum absolute atomic E-state index is 0.0459. The Hall–Kier alpha value is -2.44. The summed E-state index contributed by atoms with van der Waals surface area (Å²) < 4.78 is 5.91. The van der Waals surface area contributed by atoms with Crippen molar-refractivity contribution in [1.29, 1.82) is 0 Å². The number of hydrogen-bond acceptors (Lipinski definition) is 5. The van der Waals surface area contributed by atoms with Crippen LogP contribution in [0, 0.1) is 0 Å². The number of nitrogens with one attached hydrogen (secondary N) is 1. The van der Waals surface area contributed by atoms with Gasteiger partial charge < -0.3 is 20.3 Å². The summed E-state index contributed by atoms with van der Waals surface area (Å²) in [5, 5.41) is 23.8. The predicted molar refractivity (Wildman–Crippen MR) is 273 cm³/mol. The van der Waals surface area contributed by atoms with Crippen molar-refractivity contribution in [2.45, 2.75) is 283 Å². The van der Waals surface area contributed by atoms with Gasteiger partial charge in [-0.1, -0.05) is 229 Å². The van der Waals surface area contributed by atoms with Gasteiger partial charge in [0.05, 0.1) is 25.2 Å². The van der Waals surface area contributed by atoms with Crippen LogP contribution in [0.4, 0.5) is 0 Å². The predicted octanol–water partition coefficient (Wildman–Crippen LogP) is 16.4. The molecule has 0 aromatic heterocycles. The van der Waals surface area contributed by atoms with Crippen molar-refractivity contribution in [1.82, 2.24) is 5.32 Å². The number of amides is 1. The maximum Gasteiger partial charge on any atom is 0.306 e. The molecular formula is C57H103NO5. The number of ether oxygens (including phenoxy) is 1. The average molecular weight is 882 g/mol. The highest BCUT2D eigenvalue weighted by Crippen LogP contribution is 2.18. The van der Waals surface area contributed by atoms with Crippen molar-refractivity contribution in [3.8, 4) is 0 Å². The Labute approximate surface area is 390 Å². The molecule has 1 amide bonds. The molecule has 3 N–H and O–H groups in total. The molecule has 0 aliphatic carbocycles. The summed E-state index contributed by atoms with van der Waals surface area (Å²) in [4.78, 5) is 26.2. The molecule has 3 atom stereocenters. The number of aliphatic hydroxyl groups is 2. The largest absolute Gasteiger partial charge is 0.462 e. The molecule has 366 valence electrons. The van der Waals surface area contributed by atoms with E-state index in [4.69, 9.17) is 4.74 Å². The molecule has 0 aromatic rings. The molecule has 0 rings (SSSR count). The van der Waals surface area contributed by atoms with E-state index in [1.807, 2.05) is 0 Å². The van der Waals surface area contributed by atoms with Crippen molar-refractivity contribution in [2.75, 3.05) is 6.61 Å². The Morgan fingerprint density at radius 1 is 0.492 bits per heavy atom. The lowest BCUT2D eigenvalue weighted by Crippen LogP contribution is -2.46. The highest BCUT2D eigenvalue weighted by Gasteiger charge is 2.24. The Morgan fingerprint density at radius 2 is 0.905 bits per heavy atom. The topological polar surface area (TPSA) is 95.9 Å². The average Bonchev–Trinajstić information content (AvgIpc) is 3.28. The first-order valence-electron chi connectivity index (χ1n) is 27.0. The Morgan fingerprint density at radius 3 is 1.44 bits per heavy atom. The number of carbonyl (C=O) groups is 2. The van der Waals surface area contributed by atoms with Gasteiger partial charge in [-0.25, -0.2) is 0 Å². The van der Waals surface area contributed by atoms with Gasteiger partial charge in [0, 0.05) is 6.42 Å². The van der Waals surface area contributed by atoms with E-state index in [0.29, 0.717) is 19.3 Å². The van der Waals surface area contributed by atoms with Gasteiger partial charge in [-0.15, -0.1) is 0 Å². The van der Waals surface area contributed by atoms with E-state index < -0.39 is 18.2 Å². The molecular weight excluding hydrogens is 779 g/mol. The molecule has 6 nitrogen and oxygen atoms in total. The number of unbranched alkanes of at least 4 members (excludes halogenated alkanes) is 27. The second kappa shape index (κ2) is 50.6. The van der Waals surface area contributed by atoms with Crippen LogP contribution in [0.5, 0.6) is 0 Å². The van der Waals surface area contributed by atoms with Crippen LogP contribution in [0.15, 0.2) is 60.8 Å².